The summed E-state index contributed by atoms with van der Waals surface area (Å²) in [6.07, 6.45) is 4.24. The summed E-state index contributed by atoms with van der Waals surface area (Å²) in [7, 11) is 0. The van der Waals surface area contributed by atoms with Gasteiger partial charge in [0.1, 0.15) is 6.54 Å². The van der Waals surface area contributed by atoms with Crippen LogP contribution in [0.3, 0.4) is 0 Å². The second kappa shape index (κ2) is 6.77. The zero-order chi connectivity index (χ0) is 16.2. The van der Waals surface area contributed by atoms with E-state index >= 15 is 0 Å². The Bertz CT molecular complexity index is 745. The quantitative estimate of drug-likeness (QED) is 0.700. The lowest BCUT2D eigenvalue weighted by atomic mass is 10.0. The topological polar surface area (TPSA) is 59.3 Å². The molecule has 0 spiro atoms. The Kier molecular flexibility index (Phi) is 4.55. The molecule has 0 aliphatic heterocycles. The molecule has 3 rings (SSSR count). The highest BCUT2D eigenvalue weighted by atomic mass is 16.2. The maximum atomic E-state index is 12.1. The predicted molar refractivity (Wildman–Crippen MR) is 90.4 cm³/mol. The molecule has 2 aromatic rings. The van der Waals surface area contributed by atoms with Crippen molar-refractivity contribution in [1.29, 1.82) is 0 Å². The van der Waals surface area contributed by atoms with Gasteiger partial charge in [0.25, 0.3) is 5.91 Å². The second-order valence-corrected chi connectivity index (χ2v) is 6.04. The minimum atomic E-state index is -0.148. The van der Waals surface area contributed by atoms with Crippen LogP contribution in [0.2, 0.25) is 0 Å². The molecule has 0 radical (unpaired) electrons. The molecule has 1 aliphatic carbocycles. The van der Waals surface area contributed by atoms with Crippen LogP contribution in [0.15, 0.2) is 35.4 Å². The third-order valence-electron chi connectivity index (χ3n) is 4.15. The zero-order valence-electron chi connectivity index (χ0n) is 13.7. The van der Waals surface area contributed by atoms with E-state index in [1.54, 1.807) is 4.68 Å². The minimum absolute atomic E-state index is 0.148. The normalized spacial score (nSPS) is 16.0. The van der Waals surface area contributed by atoms with Gasteiger partial charge in [0.05, 0.1) is 11.4 Å². The van der Waals surface area contributed by atoms with Gasteiger partial charge in [0, 0.05) is 11.3 Å². The molecule has 5 nitrogen and oxygen atoms in total. The zero-order valence-corrected chi connectivity index (χ0v) is 13.7. The molecule has 0 bridgehead atoms. The highest BCUT2D eigenvalue weighted by molar-refractivity contribution is 6.02. The fourth-order valence-corrected chi connectivity index (χ4v) is 3.01. The van der Waals surface area contributed by atoms with Crippen molar-refractivity contribution >= 4 is 11.6 Å². The van der Waals surface area contributed by atoms with Crippen molar-refractivity contribution in [3.8, 4) is 0 Å². The molecule has 1 amide bonds. The molecule has 1 aromatic carbocycles. The first-order valence-corrected chi connectivity index (χ1v) is 8.08. The number of hydrogen-bond donors (Lipinski definition) is 1. The fraction of sp³-hybridized carbons (Fsp3) is 0.389. The number of rotatable bonds is 3. The lowest BCUT2D eigenvalue weighted by Gasteiger charge is -2.08. The van der Waals surface area contributed by atoms with Gasteiger partial charge in [-0.1, -0.05) is 24.3 Å². The lowest BCUT2D eigenvalue weighted by molar-refractivity contribution is -0.121. The smallest absolute Gasteiger partial charge is 0.261 e. The monoisotopic (exact) mass is 310 g/mol. The van der Waals surface area contributed by atoms with Gasteiger partial charge in [0.2, 0.25) is 0 Å². The third-order valence-corrected chi connectivity index (χ3v) is 4.15. The van der Waals surface area contributed by atoms with Crippen molar-refractivity contribution in [2.24, 2.45) is 5.10 Å². The predicted octanol–water partition coefficient (Wildman–Crippen LogP) is 2.75. The molecular weight excluding hydrogens is 288 g/mol. The Morgan fingerprint density at radius 2 is 2.04 bits per heavy atom. The molecule has 0 unspecified atom stereocenters. The molecule has 0 saturated carbocycles. The van der Waals surface area contributed by atoms with Gasteiger partial charge >= 0.3 is 0 Å². The molecule has 0 atom stereocenters. The number of aromatic nitrogens is 2. The number of benzene rings is 1. The Morgan fingerprint density at radius 3 is 2.83 bits per heavy atom. The fourth-order valence-electron chi connectivity index (χ4n) is 3.01. The summed E-state index contributed by atoms with van der Waals surface area (Å²) in [6.45, 7) is 4.06. The maximum Gasteiger partial charge on any atom is 0.261 e. The summed E-state index contributed by atoms with van der Waals surface area (Å²) in [5.41, 5.74) is 8.04. The van der Waals surface area contributed by atoms with Crippen molar-refractivity contribution in [3.63, 3.8) is 0 Å². The van der Waals surface area contributed by atoms with E-state index in [-0.39, 0.29) is 12.5 Å². The first kappa shape index (κ1) is 15.5. The van der Waals surface area contributed by atoms with Crippen molar-refractivity contribution in [2.45, 2.75) is 46.1 Å². The number of nitrogens with one attached hydrogen (secondary N) is 1. The number of hydrogen-bond acceptors (Lipinski definition) is 3. The second-order valence-electron chi connectivity index (χ2n) is 6.04. The van der Waals surface area contributed by atoms with E-state index in [0.29, 0.717) is 0 Å². The number of hydrazone groups is 1. The van der Waals surface area contributed by atoms with Gasteiger partial charge < -0.3 is 0 Å². The molecule has 1 heterocycles. The van der Waals surface area contributed by atoms with Gasteiger partial charge in [0.15, 0.2) is 0 Å². The number of nitrogens with zero attached hydrogens (tertiary/aromatic N) is 3. The Hall–Kier alpha value is -2.43. The Morgan fingerprint density at radius 1 is 1.26 bits per heavy atom. The molecule has 1 aromatic heterocycles. The molecule has 0 fully saturated rings. The van der Waals surface area contributed by atoms with E-state index in [2.05, 4.69) is 33.8 Å². The number of fused-ring (bicyclic) bond motifs is 1. The standard InChI is InChI=1S/C18H22N4O/c1-13-11-14(2)22(21-13)12-18(23)20-19-17-10-6-4-8-15-7-3-5-9-16(15)17/h3,5,7,9,11H,4,6,8,10,12H2,1-2H3,(H,20,23). The summed E-state index contributed by atoms with van der Waals surface area (Å²) in [5.74, 6) is -0.148. The van der Waals surface area contributed by atoms with Crippen LogP contribution in [0.25, 0.3) is 0 Å². The largest absolute Gasteiger partial charge is 0.271 e. The molecule has 1 aliphatic rings. The summed E-state index contributed by atoms with van der Waals surface area (Å²) in [4.78, 5) is 12.1. The average Bonchev–Trinajstić information content (AvgIpc) is 2.74. The van der Waals surface area contributed by atoms with Gasteiger partial charge in [-0.25, -0.2) is 5.43 Å². The Labute approximate surface area is 136 Å². The van der Waals surface area contributed by atoms with Crippen LogP contribution in [0.4, 0.5) is 0 Å². The number of aryl methyl sites for hydroxylation is 3. The summed E-state index contributed by atoms with van der Waals surface area (Å²) in [6, 6.07) is 10.3. The van der Waals surface area contributed by atoms with Crippen molar-refractivity contribution in [2.75, 3.05) is 0 Å². The van der Waals surface area contributed by atoms with Gasteiger partial charge in [-0.2, -0.15) is 10.2 Å². The van der Waals surface area contributed by atoms with Crippen molar-refractivity contribution < 1.29 is 4.79 Å². The maximum absolute atomic E-state index is 12.1. The van der Waals surface area contributed by atoms with Crippen LogP contribution in [-0.2, 0) is 17.8 Å². The molecule has 120 valence electrons. The molecule has 5 heteroatoms. The minimum Gasteiger partial charge on any atom is -0.271 e. The first-order valence-electron chi connectivity index (χ1n) is 8.08. The molecule has 1 N–H and O–H groups in total. The highest BCUT2D eigenvalue weighted by Crippen LogP contribution is 2.20. The van der Waals surface area contributed by atoms with E-state index in [1.165, 1.54) is 5.56 Å². The van der Waals surface area contributed by atoms with E-state index < -0.39 is 0 Å². The Balaban J connectivity index is 1.72. The van der Waals surface area contributed by atoms with E-state index in [1.807, 2.05) is 26.0 Å². The van der Waals surface area contributed by atoms with Crippen LogP contribution in [0, 0.1) is 13.8 Å². The van der Waals surface area contributed by atoms with Gasteiger partial charge in [-0.05, 0) is 51.2 Å². The molecule has 0 saturated heterocycles. The number of amides is 1. The SMILES string of the molecule is Cc1cc(C)n(CC(=O)NN=C2CCCCc3ccccc32)n1. The summed E-state index contributed by atoms with van der Waals surface area (Å²) in [5, 5.41) is 8.70. The number of carbonyl (C=O) groups is 1. The van der Waals surface area contributed by atoms with Crippen molar-refractivity contribution in [1.82, 2.24) is 15.2 Å². The number of carbonyl (C=O) groups excluding carboxylic acids is 1. The van der Waals surface area contributed by atoms with Crippen LogP contribution in [-0.4, -0.2) is 21.4 Å². The van der Waals surface area contributed by atoms with Gasteiger partial charge in [-0.3, -0.25) is 9.48 Å². The molecule has 23 heavy (non-hydrogen) atoms. The van der Waals surface area contributed by atoms with Crippen LogP contribution < -0.4 is 5.43 Å². The van der Waals surface area contributed by atoms with E-state index in [4.69, 9.17) is 0 Å². The summed E-state index contributed by atoms with van der Waals surface area (Å²) < 4.78 is 1.70. The van der Waals surface area contributed by atoms with Crippen LogP contribution in [0.5, 0.6) is 0 Å². The average molecular weight is 310 g/mol. The first-order chi connectivity index (χ1) is 11.1. The van der Waals surface area contributed by atoms with Crippen molar-refractivity contribution in [3.05, 3.63) is 52.8 Å². The van der Waals surface area contributed by atoms with E-state index in [9.17, 15) is 4.79 Å². The highest BCUT2D eigenvalue weighted by Gasteiger charge is 2.14. The lowest BCUT2D eigenvalue weighted by Crippen LogP contribution is -2.25. The molecular formula is C18H22N4O. The van der Waals surface area contributed by atoms with E-state index in [0.717, 1.165) is 48.3 Å². The van der Waals surface area contributed by atoms with Crippen LogP contribution >= 0.6 is 0 Å². The van der Waals surface area contributed by atoms with Gasteiger partial charge in [-0.15, -0.1) is 0 Å². The van der Waals surface area contributed by atoms with Crippen LogP contribution in [0.1, 0.15) is 41.8 Å². The summed E-state index contributed by atoms with van der Waals surface area (Å²) >= 11 is 0. The third kappa shape index (κ3) is 3.67.